The van der Waals surface area contributed by atoms with Gasteiger partial charge in [0.1, 0.15) is 17.4 Å². The molecule has 2 amide bonds. The van der Waals surface area contributed by atoms with E-state index in [4.69, 9.17) is 4.42 Å². The van der Waals surface area contributed by atoms with Crippen molar-refractivity contribution in [2.75, 3.05) is 10.6 Å². The minimum absolute atomic E-state index is 0.134. The normalized spacial score (nSPS) is 12.5. The number of urea groups is 1. The molecule has 2 heterocycles. The van der Waals surface area contributed by atoms with Crippen LogP contribution in [-0.2, 0) is 6.54 Å². The van der Waals surface area contributed by atoms with Crippen molar-refractivity contribution in [1.82, 2.24) is 15.3 Å². The van der Waals surface area contributed by atoms with Crippen molar-refractivity contribution < 1.29 is 35.6 Å². The number of hydrogen-bond acceptors (Lipinski definition) is 4. The number of aromatic nitrogens is 2. The van der Waals surface area contributed by atoms with E-state index in [-0.39, 0.29) is 28.9 Å². The molecule has 2 aromatic heterocycles. The number of aryl methyl sites for hydroxylation is 1. The van der Waals surface area contributed by atoms with E-state index in [1.54, 1.807) is 5.32 Å². The van der Waals surface area contributed by atoms with Gasteiger partial charge < -0.3 is 25.4 Å². The molecule has 0 spiro atoms. The second-order valence-electron chi connectivity index (χ2n) is 7.59. The maximum absolute atomic E-state index is 14.0. The van der Waals surface area contributed by atoms with Crippen molar-refractivity contribution in [2.24, 2.45) is 0 Å². The lowest BCUT2D eigenvalue weighted by Crippen LogP contribution is -2.40. The average molecular weight is 497 g/mol. The van der Waals surface area contributed by atoms with Gasteiger partial charge in [-0.2, -0.15) is 13.2 Å². The monoisotopic (exact) mass is 497 g/mol. The molecule has 0 aliphatic rings. The zero-order valence-electron chi connectivity index (χ0n) is 17.9. The first-order chi connectivity index (χ1) is 16.5. The second-order valence-corrected chi connectivity index (χ2v) is 7.59. The summed E-state index contributed by atoms with van der Waals surface area (Å²) in [7, 11) is 0. The summed E-state index contributed by atoms with van der Waals surface area (Å²) >= 11 is 0. The van der Waals surface area contributed by atoms with Crippen LogP contribution in [0.1, 0.15) is 23.1 Å². The Morgan fingerprint density at radius 1 is 1.09 bits per heavy atom. The standard InChI is InChI=1S/C22H17F6N5O2/c1-10-16-4-12(24)5-17(25)19(16)35-18(10)20(22(26,27)28)33-21(34)32-14-3-11(23)2-13(6-14)30-8-15-7-29-9-31-15/h2-7,9,20,30H,8H2,1H3,(H,29,31)(H2,32,33,34)/t20-/m0/s1. The van der Waals surface area contributed by atoms with Crippen LogP contribution in [-0.4, -0.2) is 22.2 Å². The molecule has 2 aromatic carbocycles. The van der Waals surface area contributed by atoms with Crippen LogP contribution in [0, 0.1) is 24.4 Å². The van der Waals surface area contributed by atoms with Gasteiger partial charge >= 0.3 is 12.2 Å². The number of aromatic amines is 1. The number of rotatable bonds is 6. The lowest BCUT2D eigenvalue weighted by atomic mass is 10.1. The van der Waals surface area contributed by atoms with Crippen LogP contribution in [0.2, 0.25) is 0 Å². The van der Waals surface area contributed by atoms with E-state index >= 15 is 0 Å². The van der Waals surface area contributed by atoms with Crippen LogP contribution in [0.5, 0.6) is 0 Å². The molecule has 7 nitrogen and oxygen atoms in total. The van der Waals surface area contributed by atoms with E-state index in [0.29, 0.717) is 11.8 Å². The molecule has 13 heteroatoms. The summed E-state index contributed by atoms with van der Waals surface area (Å²) < 4.78 is 88.0. The average Bonchev–Trinajstić information content (AvgIpc) is 3.38. The third kappa shape index (κ3) is 5.34. The van der Waals surface area contributed by atoms with Crippen LogP contribution >= 0.6 is 0 Å². The molecule has 0 bridgehead atoms. The molecule has 0 aliphatic carbocycles. The number of furan rings is 1. The molecule has 0 aliphatic heterocycles. The first kappa shape index (κ1) is 24.0. The van der Waals surface area contributed by atoms with Crippen molar-refractivity contribution in [3.63, 3.8) is 0 Å². The molecule has 0 saturated heterocycles. The number of anilines is 2. The molecule has 184 valence electrons. The summed E-state index contributed by atoms with van der Waals surface area (Å²) in [5, 5.41) is 6.52. The van der Waals surface area contributed by atoms with Gasteiger partial charge in [0.05, 0.1) is 18.6 Å². The molecular formula is C22H17F6N5O2. The SMILES string of the molecule is Cc1c([C@H](NC(=O)Nc2cc(F)cc(NCc3cnc[nH]3)c2)C(F)(F)F)oc2c(F)cc(F)cc12. The number of alkyl halides is 3. The van der Waals surface area contributed by atoms with Gasteiger partial charge in [-0.3, -0.25) is 0 Å². The van der Waals surface area contributed by atoms with Crippen molar-refractivity contribution in [1.29, 1.82) is 0 Å². The number of H-pyrrole nitrogens is 1. The highest BCUT2D eigenvalue weighted by atomic mass is 19.4. The Hall–Kier alpha value is -4.16. The van der Waals surface area contributed by atoms with Crippen molar-refractivity contribution in [3.8, 4) is 0 Å². The van der Waals surface area contributed by atoms with Crippen molar-refractivity contribution in [3.05, 3.63) is 77.3 Å². The number of halogens is 6. The molecule has 0 unspecified atom stereocenters. The number of benzene rings is 2. The predicted octanol–water partition coefficient (Wildman–Crippen LogP) is 5.92. The summed E-state index contributed by atoms with van der Waals surface area (Å²) in [4.78, 5) is 19.1. The molecule has 0 fully saturated rings. The summed E-state index contributed by atoms with van der Waals surface area (Å²) in [5.41, 5.74) is 0.0236. The summed E-state index contributed by atoms with van der Waals surface area (Å²) in [5.74, 6) is -3.75. The highest BCUT2D eigenvalue weighted by Gasteiger charge is 2.45. The molecule has 0 saturated carbocycles. The molecule has 4 rings (SSSR count). The zero-order chi connectivity index (χ0) is 25.3. The summed E-state index contributed by atoms with van der Waals surface area (Å²) in [6, 6.07) is 0.635. The quantitative estimate of drug-likeness (QED) is 0.249. The number of nitrogens with one attached hydrogen (secondary N) is 4. The third-order valence-electron chi connectivity index (χ3n) is 5.05. The van der Waals surface area contributed by atoms with Crippen molar-refractivity contribution >= 4 is 28.4 Å². The summed E-state index contributed by atoms with van der Waals surface area (Å²) in [6.07, 6.45) is -2.06. The lowest BCUT2D eigenvalue weighted by molar-refractivity contribution is -0.158. The zero-order valence-corrected chi connectivity index (χ0v) is 17.9. The Morgan fingerprint density at radius 2 is 1.80 bits per heavy atom. The third-order valence-corrected chi connectivity index (χ3v) is 5.05. The van der Waals surface area contributed by atoms with Gasteiger partial charge in [-0.25, -0.2) is 22.9 Å². The minimum atomic E-state index is -5.05. The van der Waals surface area contributed by atoms with Gasteiger partial charge in [0.25, 0.3) is 0 Å². The lowest BCUT2D eigenvalue weighted by Gasteiger charge is -2.21. The Morgan fingerprint density at radius 3 is 2.49 bits per heavy atom. The first-order valence-corrected chi connectivity index (χ1v) is 10.0. The highest BCUT2D eigenvalue weighted by molar-refractivity contribution is 5.90. The van der Waals surface area contributed by atoms with Crippen LogP contribution in [0.4, 0.5) is 42.5 Å². The Balaban J connectivity index is 1.55. The van der Waals surface area contributed by atoms with E-state index in [2.05, 4.69) is 20.6 Å². The maximum Gasteiger partial charge on any atom is 0.416 e. The van der Waals surface area contributed by atoms with Gasteiger partial charge in [0.15, 0.2) is 17.4 Å². The van der Waals surface area contributed by atoms with Gasteiger partial charge in [0, 0.05) is 34.6 Å². The van der Waals surface area contributed by atoms with Crippen molar-refractivity contribution in [2.45, 2.75) is 25.7 Å². The molecular weight excluding hydrogens is 480 g/mol. The molecule has 35 heavy (non-hydrogen) atoms. The van der Waals surface area contributed by atoms with Crippen LogP contribution in [0.25, 0.3) is 11.0 Å². The van der Waals surface area contributed by atoms with Gasteiger partial charge in [0.2, 0.25) is 0 Å². The predicted molar refractivity (Wildman–Crippen MR) is 114 cm³/mol. The Kier molecular flexibility index (Phi) is 6.33. The number of amides is 2. The fraction of sp³-hybridized carbons (Fsp3) is 0.182. The van der Waals surface area contributed by atoms with E-state index in [0.717, 1.165) is 18.2 Å². The largest absolute Gasteiger partial charge is 0.455 e. The molecule has 4 aromatic rings. The summed E-state index contributed by atoms with van der Waals surface area (Å²) in [6.45, 7) is 1.43. The van der Waals surface area contributed by atoms with Crippen LogP contribution < -0.4 is 16.0 Å². The Labute approximate surface area is 193 Å². The molecule has 4 N–H and O–H groups in total. The van der Waals surface area contributed by atoms with E-state index < -0.39 is 47.0 Å². The van der Waals surface area contributed by atoms with E-state index in [9.17, 15) is 31.1 Å². The fourth-order valence-electron chi connectivity index (χ4n) is 3.47. The van der Waals surface area contributed by atoms with Gasteiger partial charge in [-0.05, 0) is 31.2 Å². The highest BCUT2D eigenvalue weighted by Crippen LogP contribution is 2.39. The van der Waals surface area contributed by atoms with Gasteiger partial charge in [-0.15, -0.1) is 0 Å². The second kappa shape index (κ2) is 9.24. The fourth-order valence-corrected chi connectivity index (χ4v) is 3.47. The Bertz CT molecular complexity index is 1370. The number of imidazole rings is 1. The maximum atomic E-state index is 14.0. The topological polar surface area (TPSA) is 95.0 Å². The molecule has 1 atom stereocenters. The number of hydrogen-bond donors (Lipinski definition) is 4. The van der Waals surface area contributed by atoms with E-state index in [1.165, 1.54) is 25.5 Å². The number of carbonyl (C=O) groups is 1. The van der Waals surface area contributed by atoms with Crippen LogP contribution in [0.3, 0.4) is 0 Å². The van der Waals surface area contributed by atoms with E-state index in [1.807, 2.05) is 0 Å². The number of fused-ring (bicyclic) bond motifs is 1. The first-order valence-electron chi connectivity index (χ1n) is 10.0. The smallest absolute Gasteiger partial charge is 0.416 e. The van der Waals surface area contributed by atoms with Gasteiger partial charge in [-0.1, -0.05) is 0 Å². The van der Waals surface area contributed by atoms with Crippen LogP contribution in [0.15, 0.2) is 47.3 Å². The molecule has 0 radical (unpaired) electrons. The minimum Gasteiger partial charge on any atom is -0.455 e. The number of carbonyl (C=O) groups excluding carboxylic acids is 1. The number of nitrogens with zero attached hydrogens (tertiary/aromatic N) is 1.